The van der Waals surface area contributed by atoms with Gasteiger partial charge in [-0.25, -0.2) is 4.79 Å². The molecule has 4 rings (SSSR count). The molecule has 0 aliphatic carbocycles. The van der Waals surface area contributed by atoms with Crippen LogP contribution in [0.15, 0.2) is 96.2 Å². The maximum atomic E-state index is 13.0. The molecule has 3 aromatic rings. The number of carbonyl (C=O) groups is 1. The first-order chi connectivity index (χ1) is 15.1. The molecule has 0 saturated heterocycles. The lowest BCUT2D eigenvalue weighted by Gasteiger charge is -2.30. The third-order valence-electron chi connectivity index (χ3n) is 4.87. The molecular formula is C25H22N2O3S. The van der Waals surface area contributed by atoms with Gasteiger partial charge in [-0.15, -0.1) is 0 Å². The van der Waals surface area contributed by atoms with Gasteiger partial charge in [0.15, 0.2) is 5.11 Å². The third-order valence-corrected chi connectivity index (χ3v) is 5.09. The Balaban J connectivity index is 1.58. The van der Waals surface area contributed by atoms with Crippen molar-refractivity contribution in [3.63, 3.8) is 0 Å². The van der Waals surface area contributed by atoms with Gasteiger partial charge in [0, 0.05) is 5.70 Å². The Kier molecular flexibility index (Phi) is 6.29. The van der Waals surface area contributed by atoms with E-state index in [0.717, 1.165) is 16.9 Å². The number of nitrogens with one attached hydrogen (secondary N) is 2. The van der Waals surface area contributed by atoms with E-state index in [1.54, 1.807) is 0 Å². The fourth-order valence-corrected chi connectivity index (χ4v) is 3.67. The second-order valence-corrected chi connectivity index (χ2v) is 7.53. The molecule has 2 N–H and O–H groups in total. The quantitative estimate of drug-likeness (QED) is 0.423. The summed E-state index contributed by atoms with van der Waals surface area (Å²) in [4.78, 5) is 13.0. The average Bonchev–Trinajstić information content (AvgIpc) is 2.78. The Morgan fingerprint density at radius 2 is 1.61 bits per heavy atom. The van der Waals surface area contributed by atoms with Crippen LogP contribution in [0.25, 0.3) is 0 Å². The molecule has 0 spiro atoms. The zero-order chi connectivity index (χ0) is 21.6. The van der Waals surface area contributed by atoms with Crippen molar-refractivity contribution in [2.75, 3.05) is 0 Å². The molecule has 1 aliphatic heterocycles. The van der Waals surface area contributed by atoms with Gasteiger partial charge in [0.1, 0.15) is 18.1 Å². The van der Waals surface area contributed by atoms with Crippen LogP contribution in [0.2, 0.25) is 0 Å². The van der Waals surface area contributed by atoms with Gasteiger partial charge in [-0.3, -0.25) is 0 Å². The van der Waals surface area contributed by atoms with Gasteiger partial charge < -0.3 is 20.1 Å². The molecule has 0 saturated carbocycles. The number of esters is 1. The lowest BCUT2D eigenvalue weighted by Crippen LogP contribution is -2.45. The van der Waals surface area contributed by atoms with Crippen LogP contribution in [0, 0.1) is 0 Å². The van der Waals surface area contributed by atoms with E-state index in [1.165, 1.54) is 0 Å². The molecule has 3 aromatic carbocycles. The number of rotatable bonds is 6. The first-order valence-electron chi connectivity index (χ1n) is 9.92. The zero-order valence-electron chi connectivity index (χ0n) is 17.0. The van der Waals surface area contributed by atoms with Crippen LogP contribution >= 0.6 is 12.2 Å². The van der Waals surface area contributed by atoms with Gasteiger partial charge in [0.2, 0.25) is 0 Å². The normalized spacial score (nSPS) is 15.6. The van der Waals surface area contributed by atoms with Gasteiger partial charge >= 0.3 is 5.97 Å². The number of hydrogen-bond donors (Lipinski definition) is 2. The number of allylic oxidation sites excluding steroid dienone is 1. The van der Waals surface area contributed by atoms with Crippen molar-refractivity contribution in [3.05, 3.63) is 107 Å². The van der Waals surface area contributed by atoms with Crippen molar-refractivity contribution in [1.82, 2.24) is 10.6 Å². The standard InChI is InChI=1S/C25H22N2O3S/c1-17-22(24(28)29-16-18-9-4-2-5-10-18)23(27-25(31)26-17)19-11-8-14-21(15-19)30-20-12-6-3-7-13-20/h2-15,23H,16H2,1H3,(H2,26,27,31)/t23-/m0/s1. The fourth-order valence-electron chi connectivity index (χ4n) is 3.40. The van der Waals surface area contributed by atoms with Gasteiger partial charge in [-0.2, -0.15) is 0 Å². The number of ether oxygens (including phenoxy) is 2. The number of thiocarbonyl (C=S) groups is 1. The summed E-state index contributed by atoms with van der Waals surface area (Å²) in [6.45, 7) is 2.02. The minimum absolute atomic E-state index is 0.199. The molecular weight excluding hydrogens is 408 g/mol. The number of para-hydroxylation sites is 1. The summed E-state index contributed by atoms with van der Waals surface area (Å²) in [7, 11) is 0. The van der Waals surface area contributed by atoms with E-state index in [0.29, 0.717) is 22.1 Å². The van der Waals surface area contributed by atoms with E-state index in [9.17, 15) is 4.79 Å². The number of benzene rings is 3. The summed E-state index contributed by atoms with van der Waals surface area (Å²) in [5, 5.41) is 6.67. The fraction of sp³-hybridized carbons (Fsp3) is 0.120. The van der Waals surface area contributed by atoms with E-state index < -0.39 is 12.0 Å². The van der Waals surface area contributed by atoms with E-state index >= 15 is 0 Å². The largest absolute Gasteiger partial charge is 0.457 e. The Hall–Kier alpha value is -3.64. The monoisotopic (exact) mass is 430 g/mol. The summed E-state index contributed by atoms with van der Waals surface area (Å²) in [6, 6.07) is 26.3. The highest BCUT2D eigenvalue weighted by molar-refractivity contribution is 7.80. The maximum absolute atomic E-state index is 13.0. The Labute approximate surface area is 186 Å². The van der Waals surface area contributed by atoms with Crippen LogP contribution in [0.4, 0.5) is 0 Å². The zero-order valence-corrected chi connectivity index (χ0v) is 17.8. The van der Waals surface area contributed by atoms with Crippen LogP contribution in [-0.2, 0) is 16.1 Å². The van der Waals surface area contributed by atoms with Crippen molar-refractivity contribution in [3.8, 4) is 11.5 Å². The molecule has 156 valence electrons. The Morgan fingerprint density at radius 1 is 0.935 bits per heavy atom. The Morgan fingerprint density at radius 3 is 2.35 bits per heavy atom. The minimum atomic E-state index is -0.448. The number of hydrogen-bond acceptors (Lipinski definition) is 4. The molecule has 0 unspecified atom stereocenters. The van der Waals surface area contributed by atoms with E-state index in [4.69, 9.17) is 21.7 Å². The highest BCUT2D eigenvalue weighted by atomic mass is 32.1. The molecule has 0 amide bonds. The molecule has 1 aliphatic rings. The summed E-state index contributed by atoms with van der Waals surface area (Å²) >= 11 is 5.34. The molecule has 5 nitrogen and oxygen atoms in total. The lowest BCUT2D eigenvalue weighted by molar-refractivity contribution is -0.140. The van der Waals surface area contributed by atoms with Crippen molar-refractivity contribution >= 4 is 23.3 Å². The van der Waals surface area contributed by atoms with Gasteiger partial charge in [-0.05, 0) is 54.5 Å². The maximum Gasteiger partial charge on any atom is 0.338 e. The summed E-state index contributed by atoms with van der Waals surface area (Å²) in [5.41, 5.74) is 2.93. The first-order valence-corrected chi connectivity index (χ1v) is 10.3. The van der Waals surface area contributed by atoms with E-state index in [2.05, 4.69) is 10.6 Å². The highest BCUT2D eigenvalue weighted by Crippen LogP contribution is 2.31. The molecule has 0 bridgehead atoms. The third kappa shape index (κ3) is 5.10. The SMILES string of the molecule is CC1=C(C(=O)OCc2ccccc2)[C@H](c2cccc(Oc3ccccc3)c2)NC(=S)N1. The van der Waals surface area contributed by atoms with Crippen molar-refractivity contribution in [2.24, 2.45) is 0 Å². The minimum Gasteiger partial charge on any atom is -0.457 e. The topological polar surface area (TPSA) is 59.6 Å². The predicted octanol–water partition coefficient (Wildman–Crippen LogP) is 5.02. The van der Waals surface area contributed by atoms with Crippen LogP contribution in [-0.4, -0.2) is 11.1 Å². The average molecular weight is 431 g/mol. The molecule has 1 atom stereocenters. The van der Waals surface area contributed by atoms with Gasteiger partial charge in [0.05, 0.1) is 11.6 Å². The van der Waals surface area contributed by atoms with Crippen LogP contribution in [0.1, 0.15) is 24.1 Å². The van der Waals surface area contributed by atoms with Gasteiger partial charge in [0.25, 0.3) is 0 Å². The van der Waals surface area contributed by atoms with Crippen molar-refractivity contribution in [1.29, 1.82) is 0 Å². The summed E-state index contributed by atoms with van der Waals surface area (Å²) < 4.78 is 11.6. The number of carbonyl (C=O) groups excluding carboxylic acids is 1. The lowest BCUT2D eigenvalue weighted by atomic mass is 9.95. The van der Waals surface area contributed by atoms with E-state index in [1.807, 2.05) is 91.9 Å². The van der Waals surface area contributed by atoms with Gasteiger partial charge in [-0.1, -0.05) is 60.7 Å². The van der Waals surface area contributed by atoms with Crippen molar-refractivity contribution in [2.45, 2.75) is 19.6 Å². The Bertz CT molecular complexity index is 1110. The second-order valence-electron chi connectivity index (χ2n) is 7.12. The van der Waals surface area contributed by atoms with E-state index in [-0.39, 0.29) is 6.61 Å². The molecule has 0 fully saturated rings. The molecule has 0 radical (unpaired) electrons. The van der Waals surface area contributed by atoms with Crippen molar-refractivity contribution < 1.29 is 14.3 Å². The second kappa shape index (κ2) is 9.45. The summed E-state index contributed by atoms with van der Waals surface area (Å²) in [6.07, 6.45) is 0. The molecule has 6 heteroatoms. The molecule has 31 heavy (non-hydrogen) atoms. The van der Waals surface area contributed by atoms with Crippen LogP contribution < -0.4 is 15.4 Å². The summed E-state index contributed by atoms with van der Waals surface area (Å²) in [5.74, 6) is 1.01. The predicted molar refractivity (Wildman–Crippen MR) is 124 cm³/mol. The molecule has 0 aromatic heterocycles. The smallest absolute Gasteiger partial charge is 0.338 e. The van der Waals surface area contributed by atoms with Crippen LogP contribution in [0.3, 0.4) is 0 Å². The molecule has 1 heterocycles. The van der Waals surface area contributed by atoms with Crippen LogP contribution in [0.5, 0.6) is 11.5 Å². The highest BCUT2D eigenvalue weighted by Gasteiger charge is 2.31. The first kappa shape index (κ1) is 20.6.